The van der Waals surface area contributed by atoms with Crippen LogP contribution in [-0.4, -0.2) is 6.26 Å². The number of fused-ring (bicyclic) bond motifs is 3. The molecule has 1 heterocycles. The van der Waals surface area contributed by atoms with Crippen molar-refractivity contribution < 1.29 is 0 Å². The van der Waals surface area contributed by atoms with E-state index < -0.39 is 0 Å². The van der Waals surface area contributed by atoms with Crippen LogP contribution in [0.15, 0.2) is 186 Å². The molecule has 1 atom stereocenters. The van der Waals surface area contributed by atoms with Crippen molar-refractivity contribution >= 4 is 28.0 Å². The van der Waals surface area contributed by atoms with E-state index in [-0.39, 0.29) is 10.9 Å². The molecule has 0 fully saturated rings. The highest BCUT2D eigenvalue weighted by molar-refractivity contribution is 8.17. The molecule has 0 radical (unpaired) electrons. The second-order valence-electron chi connectivity index (χ2n) is 11.5. The molecule has 1 nitrogen and oxygen atoms in total. The van der Waals surface area contributed by atoms with Crippen LogP contribution in [0.2, 0.25) is 0 Å². The Labute approximate surface area is 268 Å². The molecular weight excluding hydrogens is 563 g/mol. The molecule has 0 saturated carbocycles. The Balaban J connectivity index is 1.18. The maximum atomic E-state index is 2.40. The summed E-state index contributed by atoms with van der Waals surface area (Å²) in [5.74, 6) is 0. The number of thiol groups is 1. The second kappa shape index (κ2) is 11.6. The number of hydrogen-bond acceptors (Lipinski definition) is 1. The first kappa shape index (κ1) is 27.3. The Bertz CT molecular complexity index is 2000. The Morgan fingerprint density at radius 3 is 1.27 bits per heavy atom. The molecule has 0 bridgehead atoms. The average Bonchev–Trinajstić information content (AvgIpc) is 3.42. The summed E-state index contributed by atoms with van der Waals surface area (Å²) in [6.07, 6.45) is 2.40. The largest absolute Gasteiger partial charge is 0.311 e. The molecular formula is C43H33NS. The van der Waals surface area contributed by atoms with Gasteiger partial charge >= 0.3 is 0 Å². The summed E-state index contributed by atoms with van der Waals surface area (Å²) in [6.45, 7) is 0. The van der Waals surface area contributed by atoms with Crippen molar-refractivity contribution in [1.82, 2.24) is 0 Å². The minimum absolute atomic E-state index is 0.389. The molecule has 0 amide bonds. The van der Waals surface area contributed by atoms with Crippen molar-refractivity contribution in [3.05, 3.63) is 176 Å². The van der Waals surface area contributed by atoms with Gasteiger partial charge in [0.15, 0.2) is 0 Å². The van der Waals surface area contributed by atoms with Gasteiger partial charge in [-0.25, -0.2) is 10.9 Å². The third-order valence-corrected chi connectivity index (χ3v) is 11.1. The molecule has 0 N–H and O–H groups in total. The van der Waals surface area contributed by atoms with Crippen LogP contribution in [0.3, 0.4) is 0 Å². The van der Waals surface area contributed by atoms with Gasteiger partial charge in [0.2, 0.25) is 0 Å². The van der Waals surface area contributed by atoms with Gasteiger partial charge in [0.05, 0.1) is 0 Å². The third-order valence-electron chi connectivity index (χ3n) is 8.83. The highest BCUT2D eigenvalue weighted by atomic mass is 32.2. The first-order chi connectivity index (χ1) is 22.2. The highest BCUT2D eigenvalue weighted by Gasteiger charge is 2.25. The van der Waals surface area contributed by atoms with Crippen LogP contribution >= 0.6 is 10.9 Å². The minimum Gasteiger partial charge on any atom is -0.311 e. The molecule has 2 heteroatoms. The molecule has 0 aliphatic carbocycles. The number of anilines is 3. The van der Waals surface area contributed by atoms with E-state index in [1.54, 1.807) is 0 Å². The van der Waals surface area contributed by atoms with Gasteiger partial charge in [-0.3, -0.25) is 0 Å². The zero-order valence-corrected chi connectivity index (χ0v) is 26.0. The maximum Gasteiger partial charge on any atom is 0.0462 e. The first-order valence-corrected chi connectivity index (χ1v) is 17.2. The van der Waals surface area contributed by atoms with Crippen molar-refractivity contribution in [3.63, 3.8) is 0 Å². The molecule has 1 aliphatic rings. The number of benzene rings is 7. The lowest BCUT2D eigenvalue weighted by atomic mass is 9.98. The first-order valence-electron chi connectivity index (χ1n) is 15.4. The third kappa shape index (κ3) is 5.04. The van der Waals surface area contributed by atoms with Gasteiger partial charge in [-0.2, -0.15) is 0 Å². The zero-order valence-electron chi connectivity index (χ0n) is 25.1. The van der Waals surface area contributed by atoms with E-state index in [4.69, 9.17) is 0 Å². The molecule has 8 rings (SSSR count). The second-order valence-corrected chi connectivity index (χ2v) is 13.5. The fourth-order valence-corrected chi connectivity index (χ4v) is 8.80. The molecule has 7 aromatic carbocycles. The van der Waals surface area contributed by atoms with Gasteiger partial charge < -0.3 is 4.90 Å². The van der Waals surface area contributed by atoms with Crippen molar-refractivity contribution in [3.8, 4) is 44.5 Å². The van der Waals surface area contributed by atoms with Gasteiger partial charge in [-0.05, 0) is 98.1 Å². The lowest BCUT2D eigenvalue weighted by Gasteiger charge is -2.26. The summed E-state index contributed by atoms with van der Waals surface area (Å²) in [5, 5.41) is 0. The van der Waals surface area contributed by atoms with Crippen molar-refractivity contribution in [2.75, 3.05) is 11.2 Å². The number of nitrogens with zero attached hydrogens (tertiary/aromatic N) is 1. The van der Waals surface area contributed by atoms with E-state index in [0.29, 0.717) is 0 Å². The van der Waals surface area contributed by atoms with E-state index in [1.165, 1.54) is 54.3 Å². The molecule has 216 valence electrons. The molecule has 0 aromatic heterocycles. The lowest BCUT2D eigenvalue weighted by molar-refractivity contribution is 1.28. The van der Waals surface area contributed by atoms with Crippen molar-refractivity contribution in [2.24, 2.45) is 0 Å². The van der Waals surface area contributed by atoms with Gasteiger partial charge in [0.25, 0.3) is 0 Å². The molecule has 0 spiro atoms. The molecule has 0 saturated heterocycles. The van der Waals surface area contributed by atoms with E-state index in [9.17, 15) is 0 Å². The van der Waals surface area contributed by atoms with Crippen LogP contribution in [0.1, 0.15) is 0 Å². The molecule has 1 aliphatic heterocycles. The van der Waals surface area contributed by atoms with Crippen LogP contribution in [0.5, 0.6) is 0 Å². The van der Waals surface area contributed by atoms with Crippen LogP contribution < -0.4 is 4.90 Å². The fourth-order valence-electron chi connectivity index (χ4n) is 6.57. The van der Waals surface area contributed by atoms with Crippen molar-refractivity contribution in [2.45, 2.75) is 9.79 Å². The van der Waals surface area contributed by atoms with Gasteiger partial charge in [0, 0.05) is 22.0 Å². The summed E-state index contributed by atoms with van der Waals surface area (Å²) < 4.78 is 0. The van der Waals surface area contributed by atoms with E-state index >= 15 is 0 Å². The highest BCUT2D eigenvalue weighted by Crippen LogP contribution is 2.59. The Morgan fingerprint density at radius 1 is 0.333 bits per heavy atom. The summed E-state index contributed by atoms with van der Waals surface area (Å²) in [6, 6.07) is 63.8. The van der Waals surface area contributed by atoms with Crippen LogP contribution in [0, 0.1) is 0 Å². The number of hydrogen-bond donors (Lipinski definition) is 1. The van der Waals surface area contributed by atoms with E-state index in [0.717, 1.165) is 17.1 Å². The fraction of sp³-hybridized carbons (Fsp3) is 0.0233. The zero-order chi connectivity index (χ0) is 30.2. The summed E-state index contributed by atoms with van der Waals surface area (Å²) >= 11 is 0. The maximum absolute atomic E-state index is 2.40. The van der Waals surface area contributed by atoms with Crippen LogP contribution in [0.25, 0.3) is 44.5 Å². The van der Waals surface area contributed by atoms with Gasteiger partial charge in [-0.15, -0.1) is 0 Å². The molecule has 45 heavy (non-hydrogen) atoms. The van der Waals surface area contributed by atoms with E-state index in [1.807, 2.05) is 0 Å². The summed E-state index contributed by atoms with van der Waals surface area (Å²) in [4.78, 5) is 5.33. The Hall–Kier alpha value is -5.31. The summed E-state index contributed by atoms with van der Waals surface area (Å²) in [7, 11) is -0.389. The number of rotatable bonds is 6. The lowest BCUT2D eigenvalue weighted by Crippen LogP contribution is -2.09. The predicted molar refractivity (Wildman–Crippen MR) is 194 cm³/mol. The van der Waals surface area contributed by atoms with Crippen LogP contribution in [0.4, 0.5) is 17.1 Å². The minimum atomic E-state index is -0.389. The standard InChI is InChI=1S/C43H33NS/c1-45-42-18-9-8-15-40(42)41-17-10-16-39(43(41)45)35-23-29-38(30-24-35)44(36-25-19-33(20-26-36)31-11-4-2-5-12-31)37-27-21-34(22-28-37)32-13-6-3-7-14-32/h2-30,45H,1H3. The normalized spacial score (nSPS) is 14.0. The Morgan fingerprint density at radius 2 is 0.733 bits per heavy atom. The quantitative estimate of drug-likeness (QED) is 0.187. The average molecular weight is 596 g/mol. The van der Waals surface area contributed by atoms with Crippen LogP contribution in [-0.2, 0) is 0 Å². The topological polar surface area (TPSA) is 3.24 Å². The summed E-state index contributed by atoms with van der Waals surface area (Å²) in [5.41, 5.74) is 13.6. The smallest absolute Gasteiger partial charge is 0.0462 e. The Kier molecular flexibility index (Phi) is 7.05. The van der Waals surface area contributed by atoms with Gasteiger partial charge in [-0.1, -0.05) is 133 Å². The SMILES string of the molecule is C[SH]1c2ccccc2-c2cccc(-c3ccc(N(c4ccc(-c5ccccc5)cc4)c4ccc(-c5ccccc5)cc4)cc3)c21. The molecule has 7 aromatic rings. The predicted octanol–water partition coefficient (Wildman–Crippen LogP) is 12.2. The van der Waals surface area contributed by atoms with Gasteiger partial charge in [0.1, 0.15) is 0 Å². The monoisotopic (exact) mass is 595 g/mol. The van der Waals surface area contributed by atoms with Crippen molar-refractivity contribution in [1.29, 1.82) is 0 Å². The molecule has 1 unspecified atom stereocenters. The van der Waals surface area contributed by atoms with E-state index in [2.05, 4.69) is 187 Å².